The van der Waals surface area contributed by atoms with E-state index in [4.69, 9.17) is 23.2 Å². The minimum Gasteiger partial charge on any atom is -0.395 e. The molecule has 190 valence electrons. The van der Waals surface area contributed by atoms with Gasteiger partial charge in [-0.2, -0.15) is 0 Å². The Hall–Kier alpha value is -2.31. The number of nitrogens with zero attached hydrogens (tertiary/aromatic N) is 2. The first-order chi connectivity index (χ1) is 17.5. The number of aliphatic hydroxyl groups excluding tert-OH is 1. The average molecular weight is 527 g/mol. The lowest BCUT2D eigenvalue weighted by atomic mass is 9.84. The highest BCUT2D eigenvalue weighted by Crippen LogP contribution is 2.35. The Morgan fingerprint density at radius 2 is 1.78 bits per heavy atom. The summed E-state index contributed by atoms with van der Waals surface area (Å²) in [6, 6.07) is 14.0. The number of carbonyl (C=O) groups excluding carboxylic acids is 1. The maximum absolute atomic E-state index is 12.7. The van der Waals surface area contributed by atoms with Crippen LogP contribution in [0.25, 0.3) is 17.0 Å². The third-order valence-electron chi connectivity index (χ3n) is 8.00. The van der Waals surface area contributed by atoms with E-state index in [-0.39, 0.29) is 18.6 Å². The number of hydrogen-bond donors (Lipinski definition) is 2. The van der Waals surface area contributed by atoms with Crippen molar-refractivity contribution in [3.63, 3.8) is 0 Å². The van der Waals surface area contributed by atoms with Gasteiger partial charge >= 0.3 is 0 Å². The fraction of sp³-hybridized carbons (Fsp3) is 0.414. The van der Waals surface area contributed by atoms with E-state index >= 15 is 0 Å². The first-order valence-electron chi connectivity index (χ1n) is 12.9. The molecule has 3 aromatic rings. The number of para-hydroxylation sites is 1. The van der Waals surface area contributed by atoms with E-state index in [0.29, 0.717) is 21.9 Å². The predicted molar refractivity (Wildman–Crippen MR) is 148 cm³/mol. The monoisotopic (exact) mass is 525 g/mol. The van der Waals surface area contributed by atoms with Gasteiger partial charge < -0.3 is 15.0 Å². The maximum atomic E-state index is 12.7. The second kappa shape index (κ2) is 11.4. The van der Waals surface area contributed by atoms with Crippen LogP contribution in [0, 0.1) is 5.92 Å². The van der Waals surface area contributed by atoms with Crippen LogP contribution < -0.4 is 0 Å². The summed E-state index contributed by atoms with van der Waals surface area (Å²) in [4.78, 5) is 20.5. The minimum atomic E-state index is 0.0135. The summed E-state index contributed by atoms with van der Waals surface area (Å²) in [5.41, 5.74) is 3.48. The van der Waals surface area contributed by atoms with Crippen LogP contribution in [-0.4, -0.2) is 64.6 Å². The number of nitrogens with one attached hydrogen (secondary N) is 1. The molecule has 36 heavy (non-hydrogen) atoms. The first kappa shape index (κ1) is 25.3. The number of aliphatic hydroxyl groups is 1. The Morgan fingerprint density at radius 1 is 1.03 bits per heavy atom. The standard InChI is InChI=1S/C29H33Cl2N3O2/c30-25-7-5-20(17-26(25)31)6-8-29(36)34-15-11-22(12-16-34)28(19-35)33-13-9-21(10-14-33)24-18-32-27-4-2-1-3-23(24)27/h1-8,17-18,21-22,28,32,35H,9-16,19H2. The van der Waals surface area contributed by atoms with Crippen LogP contribution >= 0.6 is 23.2 Å². The van der Waals surface area contributed by atoms with Gasteiger partial charge in [0.25, 0.3) is 0 Å². The summed E-state index contributed by atoms with van der Waals surface area (Å²) in [7, 11) is 0. The molecule has 0 saturated carbocycles. The maximum Gasteiger partial charge on any atom is 0.246 e. The fourth-order valence-corrected chi connectivity index (χ4v) is 6.24. The smallest absolute Gasteiger partial charge is 0.246 e. The van der Waals surface area contributed by atoms with Gasteiger partial charge in [0.2, 0.25) is 5.91 Å². The van der Waals surface area contributed by atoms with Crippen molar-refractivity contribution in [2.75, 3.05) is 32.8 Å². The summed E-state index contributed by atoms with van der Waals surface area (Å²) in [5, 5.41) is 12.6. The number of fused-ring (bicyclic) bond motifs is 1. The highest BCUT2D eigenvalue weighted by Gasteiger charge is 2.33. The second-order valence-electron chi connectivity index (χ2n) is 10.0. The van der Waals surface area contributed by atoms with Crippen LogP contribution in [0.15, 0.2) is 54.7 Å². The third-order valence-corrected chi connectivity index (χ3v) is 8.74. The molecule has 0 aliphatic carbocycles. The summed E-state index contributed by atoms with van der Waals surface area (Å²) >= 11 is 12.0. The number of amides is 1. The Labute approximate surface area is 222 Å². The molecule has 2 saturated heterocycles. The Bertz CT molecular complexity index is 1220. The van der Waals surface area contributed by atoms with Gasteiger partial charge in [-0.15, -0.1) is 0 Å². The molecular weight excluding hydrogens is 493 g/mol. The van der Waals surface area contributed by atoms with E-state index in [1.165, 1.54) is 16.5 Å². The number of carbonyl (C=O) groups is 1. The summed E-state index contributed by atoms with van der Waals surface area (Å²) in [5.74, 6) is 0.973. The molecule has 1 aromatic heterocycles. The van der Waals surface area contributed by atoms with Crippen molar-refractivity contribution in [2.24, 2.45) is 5.92 Å². The van der Waals surface area contributed by atoms with Gasteiger partial charge in [0.05, 0.1) is 16.7 Å². The molecule has 2 N–H and O–H groups in total. The molecule has 2 aliphatic heterocycles. The van der Waals surface area contributed by atoms with Crippen LogP contribution in [0.5, 0.6) is 0 Å². The highest BCUT2D eigenvalue weighted by molar-refractivity contribution is 6.42. The van der Waals surface area contributed by atoms with Gasteiger partial charge in [0.1, 0.15) is 0 Å². The Kier molecular flexibility index (Phi) is 8.02. The molecule has 0 spiro atoms. The first-order valence-corrected chi connectivity index (χ1v) is 13.6. The van der Waals surface area contributed by atoms with Crippen molar-refractivity contribution in [1.82, 2.24) is 14.8 Å². The Balaban J connectivity index is 1.13. The molecule has 1 amide bonds. The van der Waals surface area contributed by atoms with E-state index < -0.39 is 0 Å². The number of hydrogen-bond acceptors (Lipinski definition) is 3. The molecule has 0 radical (unpaired) electrons. The number of piperidine rings is 2. The largest absolute Gasteiger partial charge is 0.395 e. The van der Waals surface area contributed by atoms with Crippen molar-refractivity contribution in [2.45, 2.75) is 37.6 Å². The van der Waals surface area contributed by atoms with Crippen LogP contribution in [-0.2, 0) is 4.79 Å². The van der Waals surface area contributed by atoms with Crippen LogP contribution in [0.2, 0.25) is 10.0 Å². The number of aromatic amines is 1. The number of halogens is 2. The van der Waals surface area contributed by atoms with Crippen molar-refractivity contribution in [3.05, 3.63) is 75.9 Å². The number of benzene rings is 2. The molecule has 7 heteroatoms. The van der Waals surface area contributed by atoms with Crippen molar-refractivity contribution in [1.29, 1.82) is 0 Å². The van der Waals surface area contributed by atoms with Gasteiger partial charge in [-0.1, -0.05) is 47.5 Å². The van der Waals surface area contributed by atoms with Crippen molar-refractivity contribution in [3.8, 4) is 0 Å². The summed E-state index contributed by atoms with van der Waals surface area (Å²) in [6.45, 7) is 3.62. The van der Waals surface area contributed by atoms with Gasteiger partial charge in [-0.25, -0.2) is 0 Å². The highest BCUT2D eigenvalue weighted by atomic mass is 35.5. The third kappa shape index (κ3) is 5.50. The van der Waals surface area contributed by atoms with Crippen LogP contribution in [0.4, 0.5) is 0 Å². The zero-order valence-corrected chi connectivity index (χ0v) is 21.9. The number of likely N-dealkylation sites (tertiary alicyclic amines) is 2. The van der Waals surface area contributed by atoms with Crippen LogP contribution in [0.3, 0.4) is 0 Å². The number of aromatic nitrogens is 1. The van der Waals surface area contributed by atoms with E-state index in [9.17, 15) is 9.90 Å². The van der Waals surface area contributed by atoms with Crippen molar-refractivity contribution < 1.29 is 9.90 Å². The quantitative estimate of drug-likeness (QED) is 0.390. The molecule has 2 fully saturated rings. The molecule has 1 atom stereocenters. The van der Waals surface area contributed by atoms with E-state index in [2.05, 4.69) is 40.3 Å². The zero-order chi connectivity index (χ0) is 25.1. The molecule has 3 heterocycles. The SMILES string of the molecule is O=C(C=Cc1ccc(Cl)c(Cl)c1)N1CCC(C(CO)N2CCC(c3c[nH]c4ccccc34)CC2)CC1. The molecule has 1 unspecified atom stereocenters. The lowest BCUT2D eigenvalue weighted by Crippen LogP contribution is -2.50. The minimum absolute atomic E-state index is 0.0135. The number of rotatable bonds is 6. The van der Waals surface area contributed by atoms with Gasteiger partial charge in [0.15, 0.2) is 0 Å². The average Bonchev–Trinajstić information content (AvgIpc) is 3.35. The molecule has 5 rings (SSSR count). The summed E-state index contributed by atoms with van der Waals surface area (Å²) in [6.07, 6.45) is 9.62. The predicted octanol–water partition coefficient (Wildman–Crippen LogP) is 5.97. The summed E-state index contributed by atoms with van der Waals surface area (Å²) < 4.78 is 0. The van der Waals surface area contributed by atoms with Gasteiger partial charge in [-0.05, 0) is 86.0 Å². The molecular formula is C29H33Cl2N3O2. The molecule has 2 aromatic carbocycles. The lowest BCUT2D eigenvalue weighted by Gasteiger charge is -2.43. The van der Waals surface area contributed by atoms with Gasteiger partial charge in [0, 0.05) is 42.3 Å². The Morgan fingerprint density at radius 3 is 2.50 bits per heavy atom. The van der Waals surface area contributed by atoms with Gasteiger partial charge in [-0.3, -0.25) is 9.69 Å². The topological polar surface area (TPSA) is 59.6 Å². The van der Waals surface area contributed by atoms with Crippen molar-refractivity contribution >= 4 is 46.1 Å². The van der Waals surface area contributed by atoms with E-state index in [1.54, 1.807) is 24.3 Å². The fourth-order valence-electron chi connectivity index (χ4n) is 5.93. The second-order valence-corrected chi connectivity index (χ2v) is 10.8. The number of H-pyrrole nitrogens is 1. The lowest BCUT2D eigenvalue weighted by molar-refractivity contribution is -0.127. The molecule has 0 bridgehead atoms. The molecule has 5 nitrogen and oxygen atoms in total. The van der Waals surface area contributed by atoms with Crippen LogP contribution in [0.1, 0.15) is 42.7 Å². The molecule has 2 aliphatic rings. The van der Waals surface area contributed by atoms with E-state index in [1.807, 2.05) is 11.0 Å². The zero-order valence-electron chi connectivity index (χ0n) is 20.4. The van der Waals surface area contributed by atoms with E-state index in [0.717, 1.165) is 57.4 Å². The normalized spacial score (nSPS) is 19.4.